The highest BCUT2D eigenvalue weighted by atomic mass is 19.4. The molecule has 0 spiro atoms. The first-order valence-corrected chi connectivity index (χ1v) is 4.78. The lowest BCUT2D eigenvalue weighted by atomic mass is 10.1. The second-order valence-electron chi connectivity index (χ2n) is 3.25. The molecule has 0 radical (unpaired) electrons. The van der Waals surface area contributed by atoms with Crippen LogP contribution in [0.15, 0.2) is 0 Å². The summed E-state index contributed by atoms with van der Waals surface area (Å²) in [6, 6.07) is -0.519. The number of methoxy groups -OCH3 is 1. The van der Waals surface area contributed by atoms with Gasteiger partial charge in [-0.05, 0) is 19.4 Å². The van der Waals surface area contributed by atoms with Crippen LogP contribution in [0.3, 0.4) is 0 Å². The SMILES string of the molecule is CCCNC(CCOC)CC(F)(F)F. The monoisotopic (exact) mass is 213 g/mol. The molecule has 0 aromatic carbocycles. The van der Waals surface area contributed by atoms with Crippen LogP contribution in [0.2, 0.25) is 0 Å². The molecule has 0 amide bonds. The lowest BCUT2D eigenvalue weighted by Gasteiger charge is -2.19. The highest BCUT2D eigenvalue weighted by molar-refractivity contribution is 4.70. The number of ether oxygens (including phenoxy) is 1. The minimum Gasteiger partial charge on any atom is -0.385 e. The fourth-order valence-electron chi connectivity index (χ4n) is 1.16. The topological polar surface area (TPSA) is 21.3 Å². The van der Waals surface area contributed by atoms with Crippen LogP contribution in [-0.4, -0.2) is 32.5 Å². The van der Waals surface area contributed by atoms with E-state index in [0.717, 1.165) is 6.42 Å². The highest BCUT2D eigenvalue weighted by Crippen LogP contribution is 2.22. The number of nitrogens with one attached hydrogen (secondary N) is 1. The van der Waals surface area contributed by atoms with E-state index in [1.54, 1.807) is 0 Å². The zero-order valence-electron chi connectivity index (χ0n) is 8.66. The molecule has 0 rings (SSSR count). The van der Waals surface area contributed by atoms with Gasteiger partial charge in [0.25, 0.3) is 0 Å². The molecule has 0 saturated heterocycles. The van der Waals surface area contributed by atoms with Gasteiger partial charge in [0.2, 0.25) is 0 Å². The summed E-state index contributed by atoms with van der Waals surface area (Å²) in [4.78, 5) is 0. The zero-order chi connectivity index (χ0) is 11.0. The Morgan fingerprint density at radius 2 is 2.00 bits per heavy atom. The Kier molecular flexibility index (Phi) is 6.92. The van der Waals surface area contributed by atoms with Gasteiger partial charge in [-0.15, -0.1) is 0 Å². The van der Waals surface area contributed by atoms with Gasteiger partial charge >= 0.3 is 6.18 Å². The van der Waals surface area contributed by atoms with E-state index < -0.39 is 18.6 Å². The van der Waals surface area contributed by atoms with Crippen molar-refractivity contribution >= 4 is 0 Å². The van der Waals surface area contributed by atoms with Gasteiger partial charge in [-0.25, -0.2) is 0 Å². The number of hydrogen-bond donors (Lipinski definition) is 1. The van der Waals surface area contributed by atoms with Crippen LogP contribution in [0.1, 0.15) is 26.2 Å². The van der Waals surface area contributed by atoms with E-state index in [4.69, 9.17) is 4.74 Å². The molecular formula is C9H18F3NO. The summed E-state index contributed by atoms with van der Waals surface area (Å²) in [5, 5.41) is 2.86. The summed E-state index contributed by atoms with van der Waals surface area (Å²) < 4.78 is 41.0. The molecule has 1 N–H and O–H groups in total. The second kappa shape index (κ2) is 7.06. The van der Waals surface area contributed by atoms with Gasteiger partial charge in [0, 0.05) is 19.8 Å². The summed E-state index contributed by atoms with van der Waals surface area (Å²) in [6.07, 6.45) is -3.65. The van der Waals surface area contributed by atoms with Crippen molar-refractivity contribution in [3.63, 3.8) is 0 Å². The molecular weight excluding hydrogens is 195 g/mol. The van der Waals surface area contributed by atoms with E-state index in [0.29, 0.717) is 19.6 Å². The summed E-state index contributed by atoms with van der Waals surface area (Å²) in [6.45, 7) is 2.90. The van der Waals surface area contributed by atoms with Crippen LogP contribution in [0.25, 0.3) is 0 Å². The van der Waals surface area contributed by atoms with E-state index in [1.165, 1.54) is 7.11 Å². The van der Waals surface area contributed by atoms with Crippen molar-refractivity contribution in [2.75, 3.05) is 20.3 Å². The van der Waals surface area contributed by atoms with E-state index in [-0.39, 0.29) is 0 Å². The van der Waals surface area contributed by atoms with E-state index in [9.17, 15) is 13.2 Å². The van der Waals surface area contributed by atoms with Crippen molar-refractivity contribution in [3.8, 4) is 0 Å². The number of hydrogen-bond acceptors (Lipinski definition) is 2. The first-order valence-electron chi connectivity index (χ1n) is 4.78. The normalized spacial score (nSPS) is 14.4. The minimum absolute atomic E-state index is 0.359. The predicted molar refractivity (Wildman–Crippen MR) is 49.2 cm³/mol. The van der Waals surface area contributed by atoms with Gasteiger partial charge in [-0.2, -0.15) is 13.2 Å². The van der Waals surface area contributed by atoms with Gasteiger partial charge < -0.3 is 10.1 Å². The molecule has 86 valence electrons. The van der Waals surface area contributed by atoms with Crippen molar-refractivity contribution in [2.24, 2.45) is 0 Å². The van der Waals surface area contributed by atoms with Crippen molar-refractivity contribution < 1.29 is 17.9 Å². The standard InChI is InChI=1S/C9H18F3NO/c1-3-5-13-8(4-6-14-2)7-9(10,11)12/h8,13H,3-7H2,1-2H3. The molecule has 14 heavy (non-hydrogen) atoms. The van der Waals surface area contributed by atoms with Crippen molar-refractivity contribution in [1.82, 2.24) is 5.32 Å². The van der Waals surface area contributed by atoms with Gasteiger partial charge in [-0.1, -0.05) is 6.92 Å². The predicted octanol–water partition coefficient (Wildman–Crippen LogP) is 2.34. The first kappa shape index (κ1) is 13.7. The average molecular weight is 213 g/mol. The van der Waals surface area contributed by atoms with Crippen LogP contribution in [0.4, 0.5) is 13.2 Å². The van der Waals surface area contributed by atoms with Gasteiger partial charge in [0.05, 0.1) is 6.42 Å². The quantitative estimate of drug-likeness (QED) is 0.701. The van der Waals surface area contributed by atoms with Crippen LogP contribution in [-0.2, 0) is 4.74 Å². The van der Waals surface area contributed by atoms with Crippen LogP contribution in [0, 0.1) is 0 Å². The second-order valence-corrected chi connectivity index (χ2v) is 3.25. The largest absolute Gasteiger partial charge is 0.390 e. The molecule has 0 aliphatic carbocycles. The third kappa shape index (κ3) is 8.31. The van der Waals surface area contributed by atoms with Gasteiger partial charge in [0.1, 0.15) is 0 Å². The molecule has 0 aromatic heterocycles. The lowest BCUT2D eigenvalue weighted by Crippen LogP contribution is -2.35. The molecule has 0 aliphatic rings. The third-order valence-corrected chi connectivity index (χ3v) is 1.83. The Balaban J connectivity index is 3.84. The van der Waals surface area contributed by atoms with Crippen LogP contribution in [0.5, 0.6) is 0 Å². The number of halogens is 3. The molecule has 1 atom stereocenters. The maximum atomic E-state index is 12.1. The molecule has 0 heterocycles. The van der Waals surface area contributed by atoms with E-state index in [1.807, 2.05) is 6.92 Å². The summed E-state index contributed by atoms with van der Waals surface area (Å²) in [5.41, 5.74) is 0. The maximum Gasteiger partial charge on any atom is 0.390 e. The Morgan fingerprint density at radius 3 is 2.43 bits per heavy atom. The fourth-order valence-corrected chi connectivity index (χ4v) is 1.16. The maximum absolute atomic E-state index is 12.1. The third-order valence-electron chi connectivity index (χ3n) is 1.83. The number of alkyl halides is 3. The molecule has 0 fully saturated rings. The Bertz CT molecular complexity index is 131. The van der Waals surface area contributed by atoms with Gasteiger partial charge in [0.15, 0.2) is 0 Å². The Labute approximate surface area is 82.8 Å². The van der Waals surface area contributed by atoms with E-state index >= 15 is 0 Å². The Morgan fingerprint density at radius 1 is 1.36 bits per heavy atom. The molecule has 0 aromatic rings. The minimum atomic E-state index is -4.10. The summed E-state index contributed by atoms with van der Waals surface area (Å²) in [5.74, 6) is 0. The molecule has 1 unspecified atom stereocenters. The molecule has 0 bridgehead atoms. The van der Waals surface area contributed by atoms with Crippen LogP contribution >= 0.6 is 0 Å². The van der Waals surface area contributed by atoms with Crippen molar-refractivity contribution in [2.45, 2.75) is 38.4 Å². The first-order chi connectivity index (χ1) is 6.49. The zero-order valence-corrected chi connectivity index (χ0v) is 8.66. The Hall–Kier alpha value is -0.290. The van der Waals surface area contributed by atoms with E-state index in [2.05, 4.69) is 5.32 Å². The number of rotatable bonds is 7. The fraction of sp³-hybridized carbons (Fsp3) is 1.00. The summed E-state index contributed by atoms with van der Waals surface area (Å²) >= 11 is 0. The summed E-state index contributed by atoms with van der Waals surface area (Å²) in [7, 11) is 1.49. The van der Waals surface area contributed by atoms with Crippen molar-refractivity contribution in [1.29, 1.82) is 0 Å². The lowest BCUT2D eigenvalue weighted by molar-refractivity contribution is -0.140. The smallest absolute Gasteiger partial charge is 0.385 e. The highest BCUT2D eigenvalue weighted by Gasteiger charge is 2.31. The molecule has 0 aliphatic heterocycles. The van der Waals surface area contributed by atoms with Gasteiger partial charge in [-0.3, -0.25) is 0 Å². The molecule has 0 saturated carbocycles. The molecule has 5 heteroatoms. The molecule has 2 nitrogen and oxygen atoms in total. The van der Waals surface area contributed by atoms with Crippen LogP contribution < -0.4 is 5.32 Å². The van der Waals surface area contributed by atoms with Crippen molar-refractivity contribution in [3.05, 3.63) is 0 Å². The average Bonchev–Trinajstić information content (AvgIpc) is 2.07.